The maximum atomic E-state index is 13.4. The van der Waals surface area contributed by atoms with Gasteiger partial charge in [0.05, 0.1) is 12.3 Å². The molecule has 3 heterocycles. The van der Waals surface area contributed by atoms with E-state index in [0.717, 1.165) is 37.9 Å². The Balaban J connectivity index is 1.60. The summed E-state index contributed by atoms with van der Waals surface area (Å²) in [5, 5.41) is 4.24. The Bertz CT molecular complexity index is 851. The molecular weight excluding hydrogens is 356 g/mol. The molecule has 2 saturated heterocycles. The summed E-state index contributed by atoms with van der Waals surface area (Å²) in [6.07, 6.45) is 6.79. The summed E-state index contributed by atoms with van der Waals surface area (Å²) >= 11 is 0. The third kappa shape index (κ3) is 3.20. The second-order valence-corrected chi connectivity index (χ2v) is 7.48. The molecule has 148 valence electrons. The highest BCUT2D eigenvalue weighted by Gasteiger charge is 2.52. The van der Waals surface area contributed by atoms with E-state index in [-0.39, 0.29) is 11.8 Å². The van der Waals surface area contributed by atoms with Crippen molar-refractivity contribution in [3.05, 3.63) is 48.3 Å². The van der Waals surface area contributed by atoms with Crippen LogP contribution in [0.4, 0.5) is 0 Å². The van der Waals surface area contributed by atoms with Crippen molar-refractivity contribution < 1.29 is 14.3 Å². The van der Waals surface area contributed by atoms with Crippen molar-refractivity contribution in [3.8, 4) is 5.69 Å². The van der Waals surface area contributed by atoms with Gasteiger partial charge in [-0.1, -0.05) is 6.07 Å². The minimum atomic E-state index is -0.704. The van der Waals surface area contributed by atoms with Gasteiger partial charge in [-0.25, -0.2) is 4.68 Å². The maximum Gasteiger partial charge on any atom is 0.254 e. The molecule has 7 nitrogen and oxygen atoms in total. The lowest BCUT2D eigenvalue weighted by atomic mass is 9.85. The van der Waals surface area contributed by atoms with Crippen molar-refractivity contribution in [2.24, 2.45) is 0 Å². The molecule has 1 spiro atoms. The Morgan fingerprint density at radius 3 is 2.79 bits per heavy atom. The highest BCUT2D eigenvalue weighted by atomic mass is 16.5. The van der Waals surface area contributed by atoms with Gasteiger partial charge in [-0.05, 0) is 49.9 Å². The summed E-state index contributed by atoms with van der Waals surface area (Å²) in [5.41, 5.74) is 0.724. The number of benzene rings is 1. The third-order valence-electron chi connectivity index (χ3n) is 5.86. The van der Waals surface area contributed by atoms with Crippen LogP contribution in [0.5, 0.6) is 0 Å². The smallest absolute Gasteiger partial charge is 0.254 e. The first kappa shape index (κ1) is 18.7. The number of nitrogens with zero attached hydrogens (tertiary/aromatic N) is 4. The van der Waals surface area contributed by atoms with Crippen molar-refractivity contribution in [3.63, 3.8) is 0 Å². The topological polar surface area (TPSA) is 67.7 Å². The minimum Gasteiger partial charge on any atom is -0.383 e. The average molecular weight is 382 g/mol. The summed E-state index contributed by atoms with van der Waals surface area (Å²) in [5.74, 6) is -0.00155. The van der Waals surface area contributed by atoms with Crippen molar-refractivity contribution in [2.45, 2.75) is 31.2 Å². The van der Waals surface area contributed by atoms with E-state index in [1.54, 1.807) is 18.0 Å². The quantitative estimate of drug-likeness (QED) is 0.794. The molecule has 0 bridgehead atoms. The molecule has 2 amide bonds. The van der Waals surface area contributed by atoms with Crippen molar-refractivity contribution in [1.82, 2.24) is 19.6 Å². The first-order chi connectivity index (χ1) is 13.7. The molecule has 2 aromatic rings. The Hall–Kier alpha value is -2.67. The van der Waals surface area contributed by atoms with E-state index < -0.39 is 5.54 Å². The summed E-state index contributed by atoms with van der Waals surface area (Å²) < 4.78 is 6.88. The molecule has 0 N–H and O–H groups in total. The van der Waals surface area contributed by atoms with Gasteiger partial charge in [0.2, 0.25) is 5.91 Å². The number of amides is 2. The van der Waals surface area contributed by atoms with E-state index in [1.807, 2.05) is 46.3 Å². The van der Waals surface area contributed by atoms with Crippen LogP contribution in [0.25, 0.3) is 5.69 Å². The second-order valence-electron chi connectivity index (χ2n) is 7.48. The van der Waals surface area contributed by atoms with Crippen LogP contribution in [0.3, 0.4) is 0 Å². The normalized spacial score (nSPS) is 22.2. The molecule has 1 atom stereocenters. The van der Waals surface area contributed by atoms with Crippen LogP contribution in [-0.2, 0) is 9.53 Å². The van der Waals surface area contributed by atoms with Gasteiger partial charge in [0.1, 0.15) is 5.54 Å². The molecule has 2 aliphatic rings. The van der Waals surface area contributed by atoms with E-state index in [4.69, 9.17) is 4.74 Å². The minimum absolute atomic E-state index is 0.0740. The zero-order chi connectivity index (χ0) is 19.6. The number of carbonyl (C=O) groups excluding carboxylic acids is 2. The van der Waals surface area contributed by atoms with Gasteiger partial charge in [0, 0.05) is 44.7 Å². The zero-order valence-corrected chi connectivity index (χ0v) is 16.2. The predicted octanol–water partition coefficient (Wildman–Crippen LogP) is 2.12. The Labute approximate surface area is 164 Å². The van der Waals surface area contributed by atoms with Crippen LogP contribution in [0.2, 0.25) is 0 Å². The first-order valence-corrected chi connectivity index (χ1v) is 9.86. The Kier molecular flexibility index (Phi) is 5.17. The molecule has 7 heteroatoms. The van der Waals surface area contributed by atoms with E-state index in [0.29, 0.717) is 25.3 Å². The molecular formula is C21H26N4O3. The molecule has 1 unspecified atom stereocenters. The zero-order valence-electron chi connectivity index (χ0n) is 16.2. The number of hydrogen-bond donors (Lipinski definition) is 0. The summed E-state index contributed by atoms with van der Waals surface area (Å²) in [6, 6.07) is 9.29. The standard InChI is InChI=1S/C21H26N4O3/c1-28-15-14-23-11-3-8-21(20(23)27)9-4-12-24(21)19(26)17-6-2-7-18(16-17)25-13-5-10-22-25/h2,5-7,10,13,16H,3-4,8-9,11-12,14-15H2,1H3. The SMILES string of the molecule is COCCN1CCCC2(CCCN2C(=O)c2cccc(-n3cccn3)c2)C1=O. The van der Waals surface area contributed by atoms with Crippen LogP contribution in [0.1, 0.15) is 36.0 Å². The number of methoxy groups -OCH3 is 1. The van der Waals surface area contributed by atoms with Gasteiger partial charge < -0.3 is 14.5 Å². The van der Waals surface area contributed by atoms with E-state index >= 15 is 0 Å². The molecule has 2 aliphatic heterocycles. The highest BCUT2D eigenvalue weighted by molar-refractivity contribution is 6.00. The summed E-state index contributed by atoms with van der Waals surface area (Å²) in [7, 11) is 1.64. The number of likely N-dealkylation sites (tertiary alicyclic amines) is 2. The van der Waals surface area contributed by atoms with Gasteiger partial charge >= 0.3 is 0 Å². The number of rotatable bonds is 5. The molecule has 0 aliphatic carbocycles. The fourth-order valence-corrected chi connectivity index (χ4v) is 4.50. The number of hydrogen-bond acceptors (Lipinski definition) is 4. The molecule has 1 aromatic heterocycles. The molecule has 1 aromatic carbocycles. The highest BCUT2D eigenvalue weighted by Crippen LogP contribution is 2.39. The number of carbonyl (C=O) groups is 2. The molecule has 2 fully saturated rings. The number of ether oxygens (including phenoxy) is 1. The molecule has 0 radical (unpaired) electrons. The average Bonchev–Trinajstić information content (AvgIpc) is 3.40. The van der Waals surface area contributed by atoms with E-state index in [2.05, 4.69) is 5.10 Å². The monoisotopic (exact) mass is 382 g/mol. The summed E-state index contributed by atoms with van der Waals surface area (Å²) in [4.78, 5) is 30.4. The van der Waals surface area contributed by atoms with Crippen LogP contribution >= 0.6 is 0 Å². The van der Waals surface area contributed by atoms with E-state index in [1.165, 1.54) is 0 Å². The largest absolute Gasteiger partial charge is 0.383 e. The number of aromatic nitrogens is 2. The van der Waals surface area contributed by atoms with Crippen LogP contribution in [-0.4, -0.2) is 70.3 Å². The fraction of sp³-hybridized carbons (Fsp3) is 0.476. The lowest BCUT2D eigenvalue weighted by Gasteiger charge is -2.44. The third-order valence-corrected chi connectivity index (χ3v) is 5.86. The summed E-state index contributed by atoms with van der Waals surface area (Å²) in [6.45, 7) is 2.45. The van der Waals surface area contributed by atoms with Crippen molar-refractivity contribution >= 4 is 11.8 Å². The molecule has 28 heavy (non-hydrogen) atoms. The lowest BCUT2D eigenvalue weighted by Crippen LogP contribution is -2.61. The van der Waals surface area contributed by atoms with Crippen molar-refractivity contribution in [2.75, 3.05) is 33.4 Å². The van der Waals surface area contributed by atoms with Gasteiger partial charge in [-0.2, -0.15) is 5.10 Å². The van der Waals surface area contributed by atoms with Crippen LogP contribution in [0, 0.1) is 0 Å². The Morgan fingerprint density at radius 2 is 2.04 bits per heavy atom. The second kappa shape index (κ2) is 7.75. The lowest BCUT2D eigenvalue weighted by molar-refractivity contribution is -0.146. The fourth-order valence-electron chi connectivity index (χ4n) is 4.50. The predicted molar refractivity (Wildman–Crippen MR) is 104 cm³/mol. The van der Waals surface area contributed by atoms with Crippen LogP contribution in [0.15, 0.2) is 42.7 Å². The Morgan fingerprint density at radius 1 is 1.21 bits per heavy atom. The van der Waals surface area contributed by atoms with Crippen molar-refractivity contribution in [1.29, 1.82) is 0 Å². The molecule has 0 saturated carbocycles. The van der Waals surface area contributed by atoms with E-state index in [9.17, 15) is 9.59 Å². The molecule has 4 rings (SSSR count). The van der Waals surface area contributed by atoms with Crippen LogP contribution < -0.4 is 0 Å². The number of piperidine rings is 1. The van der Waals surface area contributed by atoms with Gasteiger partial charge in [-0.3, -0.25) is 9.59 Å². The van der Waals surface area contributed by atoms with Gasteiger partial charge in [0.15, 0.2) is 0 Å². The first-order valence-electron chi connectivity index (χ1n) is 9.86. The maximum absolute atomic E-state index is 13.4. The van der Waals surface area contributed by atoms with Gasteiger partial charge in [-0.15, -0.1) is 0 Å². The van der Waals surface area contributed by atoms with Gasteiger partial charge in [0.25, 0.3) is 5.91 Å².